The third-order valence-electron chi connectivity index (χ3n) is 4.20. The number of rotatable bonds is 4. The predicted octanol–water partition coefficient (Wildman–Crippen LogP) is 3.36. The summed E-state index contributed by atoms with van der Waals surface area (Å²) in [5.41, 5.74) is 6.23. The molecule has 0 radical (unpaired) electrons. The van der Waals surface area contributed by atoms with E-state index in [1.165, 1.54) is 44.3 Å². The van der Waals surface area contributed by atoms with E-state index in [0.717, 1.165) is 18.6 Å². The Labute approximate surface area is 97.2 Å². The Morgan fingerprint density at radius 3 is 2.69 bits per heavy atom. The van der Waals surface area contributed by atoms with Crippen LogP contribution in [0.1, 0.15) is 62.4 Å². The van der Waals surface area contributed by atoms with Gasteiger partial charge < -0.3 is 10.2 Å². The molecule has 2 aliphatic rings. The van der Waals surface area contributed by atoms with Crippen molar-refractivity contribution in [2.24, 2.45) is 5.73 Å². The van der Waals surface area contributed by atoms with Gasteiger partial charge >= 0.3 is 0 Å². The molecule has 0 amide bonds. The Morgan fingerprint density at radius 1 is 1.25 bits per heavy atom. The summed E-state index contributed by atoms with van der Waals surface area (Å²) in [6.07, 6.45) is 9.86. The molecule has 1 heterocycles. The van der Waals surface area contributed by atoms with Gasteiger partial charge in [0, 0.05) is 17.9 Å². The fraction of sp³-hybridized carbons (Fsp3) is 0.714. The van der Waals surface area contributed by atoms with Crippen LogP contribution in [0.15, 0.2) is 16.5 Å². The molecule has 1 aromatic rings. The smallest absolute Gasteiger partial charge is 0.107 e. The van der Waals surface area contributed by atoms with Gasteiger partial charge in [-0.15, -0.1) is 0 Å². The number of hydrogen-bond acceptors (Lipinski definition) is 2. The second-order valence-corrected chi connectivity index (χ2v) is 5.65. The largest absolute Gasteiger partial charge is 0.466 e. The van der Waals surface area contributed by atoms with E-state index in [4.69, 9.17) is 10.2 Å². The highest BCUT2D eigenvalue weighted by atomic mass is 16.3. The molecule has 0 saturated heterocycles. The topological polar surface area (TPSA) is 39.2 Å². The highest BCUT2D eigenvalue weighted by Gasteiger charge is 2.37. The van der Waals surface area contributed by atoms with E-state index in [1.54, 1.807) is 0 Å². The van der Waals surface area contributed by atoms with E-state index in [1.807, 2.05) is 0 Å². The minimum absolute atomic E-state index is 0.153. The molecule has 3 rings (SSSR count). The molecule has 0 aromatic carbocycles. The van der Waals surface area contributed by atoms with Crippen molar-refractivity contribution in [2.75, 3.05) is 0 Å². The molecule has 0 unspecified atom stereocenters. The molecule has 0 spiro atoms. The summed E-state index contributed by atoms with van der Waals surface area (Å²) < 4.78 is 5.94. The Kier molecular flexibility index (Phi) is 2.55. The normalized spacial score (nSPS) is 23.8. The van der Waals surface area contributed by atoms with Crippen molar-refractivity contribution < 1.29 is 4.42 Å². The van der Waals surface area contributed by atoms with Crippen LogP contribution in [0.4, 0.5) is 0 Å². The van der Waals surface area contributed by atoms with Crippen LogP contribution in [-0.4, -0.2) is 5.54 Å². The predicted molar refractivity (Wildman–Crippen MR) is 64.4 cm³/mol. The van der Waals surface area contributed by atoms with E-state index >= 15 is 0 Å². The maximum atomic E-state index is 6.08. The quantitative estimate of drug-likeness (QED) is 0.843. The van der Waals surface area contributed by atoms with Crippen LogP contribution in [0.3, 0.4) is 0 Å². The fourth-order valence-corrected chi connectivity index (χ4v) is 2.74. The molecular weight excluding hydrogens is 198 g/mol. The first-order chi connectivity index (χ1) is 7.75. The van der Waals surface area contributed by atoms with Crippen LogP contribution in [0.25, 0.3) is 0 Å². The highest BCUT2D eigenvalue weighted by molar-refractivity contribution is 5.13. The second kappa shape index (κ2) is 3.92. The molecule has 2 aliphatic carbocycles. The van der Waals surface area contributed by atoms with Crippen molar-refractivity contribution >= 4 is 0 Å². The molecule has 1 aromatic heterocycles. The maximum absolute atomic E-state index is 6.08. The van der Waals surface area contributed by atoms with Gasteiger partial charge in [-0.3, -0.25) is 0 Å². The summed E-state index contributed by atoms with van der Waals surface area (Å²) >= 11 is 0. The van der Waals surface area contributed by atoms with Gasteiger partial charge in [0.2, 0.25) is 0 Å². The molecule has 16 heavy (non-hydrogen) atoms. The monoisotopic (exact) mass is 219 g/mol. The number of aryl methyl sites for hydroxylation is 1. The zero-order valence-corrected chi connectivity index (χ0v) is 9.87. The highest BCUT2D eigenvalue weighted by Crippen LogP contribution is 2.38. The van der Waals surface area contributed by atoms with Gasteiger partial charge in [0.25, 0.3) is 0 Å². The number of nitrogens with two attached hydrogens (primary N) is 1. The number of hydrogen-bond donors (Lipinski definition) is 1. The molecule has 0 aliphatic heterocycles. The van der Waals surface area contributed by atoms with Crippen molar-refractivity contribution in [3.8, 4) is 0 Å². The molecule has 0 atom stereocenters. The lowest BCUT2D eigenvalue weighted by Gasteiger charge is -2.06. The van der Waals surface area contributed by atoms with Crippen molar-refractivity contribution in [3.05, 3.63) is 23.7 Å². The second-order valence-electron chi connectivity index (χ2n) is 5.65. The van der Waals surface area contributed by atoms with Crippen LogP contribution in [0.2, 0.25) is 0 Å². The molecule has 2 heteroatoms. The van der Waals surface area contributed by atoms with Gasteiger partial charge in [-0.2, -0.15) is 0 Å². The van der Waals surface area contributed by atoms with E-state index in [2.05, 4.69) is 12.1 Å². The molecule has 0 bridgehead atoms. The Hall–Kier alpha value is -0.760. The summed E-state index contributed by atoms with van der Waals surface area (Å²) in [6.45, 7) is 0. The molecule has 2 N–H and O–H groups in total. The van der Waals surface area contributed by atoms with Gasteiger partial charge in [0.15, 0.2) is 0 Å². The SMILES string of the molecule is NC1(CCc2ccc(C3CCCC3)o2)CC1. The first-order valence-electron chi connectivity index (χ1n) is 6.63. The van der Waals surface area contributed by atoms with Crippen LogP contribution in [-0.2, 0) is 6.42 Å². The first kappa shape index (κ1) is 10.4. The van der Waals surface area contributed by atoms with Crippen LogP contribution in [0.5, 0.6) is 0 Å². The van der Waals surface area contributed by atoms with Gasteiger partial charge in [-0.05, 0) is 44.2 Å². The van der Waals surface area contributed by atoms with Crippen LogP contribution >= 0.6 is 0 Å². The lowest BCUT2D eigenvalue weighted by atomic mass is 10.1. The van der Waals surface area contributed by atoms with Gasteiger partial charge in [-0.1, -0.05) is 12.8 Å². The van der Waals surface area contributed by atoms with Gasteiger partial charge in [0.1, 0.15) is 11.5 Å². The zero-order valence-electron chi connectivity index (χ0n) is 9.87. The van der Waals surface area contributed by atoms with E-state index in [0.29, 0.717) is 5.92 Å². The van der Waals surface area contributed by atoms with Crippen molar-refractivity contribution in [2.45, 2.75) is 62.8 Å². The Balaban J connectivity index is 1.58. The average Bonchev–Trinajstić information content (AvgIpc) is 2.81. The molecular formula is C14H21NO. The lowest BCUT2D eigenvalue weighted by molar-refractivity contribution is 0.419. The summed E-state index contributed by atoms with van der Waals surface area (Å²) in [5.74, 6) is 3.05. The maximum Gasteiger partial charge on any atom is 0.107 e. The van der Waals surface area contributed by atoms with Crippen molar-refractivity contribution in [3.63, 3.8) is 0 Å². The minimum Gasteiger partial charge on any atom is -0.466 e. The standard InChI is InChI=1S/C14H21NO/c15-14(9-10-14)8-7-12-5-6-13(16-12)11-3-1-2-4-11/h5-6,11H,1-4,7-10,15H2. The summed E-state index contributed by atoms with van der Waals surface area (Å²) in [5, 5.41) is 0. The van der Waals surface area contributed by atoms with Crippen molar-refractivity contribution in [1.29, 1.82) is 0 Å². The Morgan fingerprint density at radius 2 is 2.00 bits per heavy atom. The van der Waals surface area contributed by atoms with Gasteiger partial charge in [-0.25, -0.2) is 0 Å². The summed E-state index contributed by atoms with van der Waals surface area (Å²) in [7, 11) is 0. The fourth-order valence-electron chi connectivity index (χ4n) is 2.74. The lowest BCUT2D eigenvalue weighted by Crippen LogP contribution is -2.21. The van der Waals surface area contributed by atoms with E-state index in [9.17, 15) is 0 Å². The molecule has 88 valence electrons. The van der Waals surface area contributed by atoms with E-state index < -0.39 is 0 Å². The van der Waals surface area contributed by atoms with Crippen LogP contribution in [0, 0.1) is 0 Å². The van der Waals surface area contributed by atoms with Crippen LogP contribution < -0.4 is 5.73 Å². The van der Waals surface area contributed by atoms with Crippen molar-refractivity contribution in [1.82, 2.24) is 0 Å². The average molecular weight is 219 g/mol. The third kappa shape index (κ3) is 2.17. The molecule has 2 fully saturated rings. The van der Waals surface area contributed by atoms with E-state index in [-0.39, 0.29) is 5.54 Å². The minimum atomic E-state index is 0.153. The molecule has 2 saturated carbocycles. The summed E-state index contributed by atoms with van der Waals surface area (Å²) in [4.78, 5) is 0. The third-order valence-corrected chi connectivity index (χ3v) is 4.20. The Bertz CT molecular complexity index is 359. The first-order valence-corrected chi connectivity index (χ1v) is 6.63. The van der Waals surface area contributed by atoms with Gasteiger partial charge in [0.05, 0.1) is 0 Å². The summed E-state index contributed by atoms with van der Waals surface area (Å²) in [6, 6.07) is 4.33. The molecule has 2 nitrogen and oxygen atoms in total. The zero-order chi connectivity index (χ0) is 11.0. The number of furan rings is 1.